The van der Waals surface area contributed by atoms with Crippen LogP contribution in [0.4, 0.5) is 4.79 Å². The summed E-state index contributed by atoms with van der Waals surface area (Å²) in [4.78, 5) is 28.4. The molecule has 0 aromatic heterocycles. The third kappa shape index (κ3) is 3.92. The Hall–Kier alpha value is -2.56. The highest BCUT2D eigenvalue weighted by atomic mass is 16.6. The van der Waals surface area contributed by atoms with Crippen molar-refractivity contribution in [3.05, 3.63) is 48.0 Å². The van der Waals surface area contributed by atoms with Crippen molar-refractivity contribution in [1.82, 2.24) is 9.80 Å². The molecule has 5 heteroatoms. The average molecular weight is 340 g/mol. The second-order valence-electron chi connectivity index (χ2n) is 6.78. The van der Waals surface area contributed by atoms with E-state index in [1.165, 1.54) is 0 Å². The Bertz CT molecular complexity index is 759. The highest BCUT2D eigenvalue weighted by molar-refractivity contribution is 6.07. The molecule has 1 aliphatic rings. The molecule has 0 N–H and O–H groups in total. The molecule has 0 saturated carbocycles. The van der Waals surface area contributed by atoms with Gasteiger partial charge in [-0.1, -0.05) is 50.2 Å². The van der Waals surface area contributed by atoms with Gasteiger partial charge in [0.25, 0.3) is 5.91 Å². The monoisotopic (exact) mass is 340 g/mol. The fraction of sp³-hybridized carbons (Fsp3) is 0.400. The van der Waals surface area contributed by atoms with Crippen molar-refractivity contribution in [1.29, 1.82) is 0 Å². The van der Waals surface area contributed by atoms with Gasteiger partial charge in [-0.15, -0.1) is 0 Å². The second kappa shape index (κ2) is 7.55. The first kappa shape index (κ1) is 17.3. The van der Waals surface area contributed by atoms with Crippen LogP contribution in [0.1, 0.15) is 24.2 Å². The largest absolute Gasteiger partial charge is 0.449 e. The molecule has 0 unspecified atom stereocenters. The van der Waals surface area contributed by atoms with Crippen LogP contribution in [0.3, 0.4) is 0 Å². The second-order valence-corrected chi connectivity index (χ2v) is 6.78. The number of amides is 2. The minimum atomic E-state index is -0.286. The van der Waals surface area contributed by atoms with E-state index >= 15 is 0 Å². The van der Waals surface area contributed by atoms with Gasteiger partial charge in [-0.25, -0.2) is 4.79 Å². The van der Waals surface area contributed by atoms with E-state index in [1.807, 2.05) is 61.2 Å². The van der Waals surface area contributed by atoms with Crippen molar-refractivity contribution in [2.24, 2.45) is 5.92 Å². The van der Waals surface area contributed by atoms with Crippen LogP contribution in [0.5, 0.6) is 0 Å². The summed E-state index contributed by atoms with van der Waals surface area (Å²) in [7, 11) is 0. The summed E-state index contributed by atoms with van der Waals surface area (Å²) >= 11 is 0. The molecule has 0 radical (unpaired) electrons. The highest BCUT2D eigenvalue weighted by Gasteiger charge is 2.26. The van der Waals surface area contributed by atoms with Crippen LogP contribution in [0, 0.1) is 5.92 Å². The van der Waals surface area contributed by atoms with Gasteiger partial charge in [0.15, 0.2) is 0 Å². The maximum absolute atomic E-state index is 12.9. The normalized spacial score (nSPS) is 14.8. The van der Waals surface area contributed by atoms with Crippen LogP contribution in [-0.4, -0.2) is 54.6 Å². The van der Waals surface area contributed by atoms with Gasteiger partial charge in [0.05, 0.1) is 6.61 Å². The number of carbonyl (C=O) groups excluding carboxylic acids is 2. The summed E-state index contributed by atoms with van der Waals surface area (Å²) < 4.78 is 5.26. The van der Waals surface area contributed by atoms with Crippen LogP contribution in [0.2, 0.25) is 0 Å². The Balaban J connectivity index is 1.64. The van der Waals surface area contributed by atoms with Gasteiger partial charge in [0.2, 0.25) is 0 Å². The Morgan fingerprint density at radius 2 is 1.60 bits per heavy atom. The van der Waals surface area contributed by atoms with Crippen LogP contribution in [0.25, 0.3) is 10.8 Å². The summed E-state index contributed by atoms with van der Waals surface area (Å²) in [5.74, 6) is 0.338. The number of piperazine rings is 1. The number of ether oxygens (including phenoxy) is 1. The molecule has 132 valence electrons. The smallest absolute Gasteiger partial charge is 0.409 e. The zero-order valence-corrected chi connectivity index (χ0v) is 14.8. The predicted octanol–water partition coefficient (Wildman–Crippen LogP) is 3.39. The van der Waals surface area contributed by atoms with E-state index in [4.69, 9.17) is 4.74 Å². The van der Waals surface area contributed by atoms with E-state index in [-0.39, 0.29) is 12.0 Å². The van der Waals surface area contributed by atoms with Gasteiger partial charge >= 0.3 is 6.09 Å². The number of hydrogen-bond acceptors (Lipinski definition) is 3. The third-order valence-electron chi connectivity index (χ3n) is 4.39. The lowest BCUT2D eigenvalue weighted by Gasteiger charge is -2.34. The standard InChI is InChI=1S/C20H24N2O3/c1-15(2)14-25-20(24)22-12-10-21(11-13-22)19(23)18-9-5-7-16-6-3-4-8-17(16)18/h3-9,15H,10-14H2,1-2H3. The lowest BCUT2D eigenvalue weighted by molar-refractivity contribution is 0.0536. The molecule has 0 atom stereocenters. The SMILES string of the molecule is CC(C)COC(=O)N1CCN(C(=O)c2cccc3ccccc23)CC1. The summed E-state index contributed by atoms with van der Waals surface area (Å²) in [6.45, 7) is 6.51. The summed E-state index contributed by atoms with van der Waals surface area (Å²) in [6, 6.07) is 13.7. The molecule has 2 aromatic rings. The Morgan fingerprint density at radius 1 is 0.960 bits per heavy atom. The van der Waals surface area contributed by atoms with Crippen LogP contribution in [0.15, 0.2) is 42.5 Å². The molecule has 1 saturated heterocycles. The van der Waals surface area contributed by atoms with E-state index in [0.29, 0.717) is 44.3 Å². The number of fused-ring (bicyclic) bond motifs is 1. The van der Waals surface area contributed by atoms with Gasteiger partial charge in [0.1, 0.15) is 0 Å². The topological polar surface area (TPSA) is 49.9 Å². The minimum absolute atomic E-state index is 0.0204. The molecule has 5 nitrogen and oxygen atoms in total. The molecule has 0 aliphatic carbocycles. The van der Waals surface area contributed by atoms with E-state index in [9.17, 15) is 9.59 Å². The van der Waals surface area contributed by atoms with E-state index in [0.717, 1.165) is 10.8 Å². The Morgan fingerprint density at radius 3 is 2.32 bits per heavy atom. The Labute approximate surface area is 148 Å². The number of hydrogen-bond donors (Lipinski definition) is 0. The molecule has 0 bridgehead atoms. The van der Waals surface area contributed by atoms with E-state index in [1.54, 1.807) is 4.90 Å². The molecule has 2 amide bonds. The first-order valence-corrected chi connectivity index (χ1v) is 8.75. The first-order chi connectivity index (χ1) is 12.1. The third-order valence-corrected chi connectivity index (χ3v) is 4.39. The van der Waals surface area contributed by atoms with Crippen LogP contribution < -0.4 is 0 Å². The van der Waals surface area contributed by atoms with Gasteiger partial charge in [-0.3, -0.25) is 4.79 Å². The number of benzene rings is 2. The van der Waals surface area contributed by atoms with Crippen LogP contribution in [-0.2, 0) is 4.74 Å². The lowest BCUT2D eigenvalue weighted by Crippen LogP contribution is -2.50. The molecule has 1 heterocycles. The summed E-state index contributed by atoms with van der Waals surface area (Å²) in [5, 5.41) is 2.03. The summed E-state index contributed by atoms with van der Waals surface area (Å²) in [5.41, 5.74) is 0.717. The van der Waals surface area contributed by atoms with E-state index < -0.39 is 0 Å². The predicted molar refractivity (Wildman–Crippen MR) is 97.6 cm³/mol. The fourth-order valence-corrected chi connectivity index (χ4v) is 3.00. The van der Waals surface area contributed by atoms with Crippen molar-refractivity contribution < 1.29 is 14.3 Å². The van der Waals surface area contributed by atoms with Gasteiger partial charge < -0.3 is 14.5 Å². The molecule has 1 aliphatic heterocycles. The average Bonchev–Trinajstić information content (AvgIpc) is 2.65. The van der Waals surface area contributed by atoms with Gasteiger partial charge in [-0.05, 0) is 22.8 Å². The molecular formula is C20H24N2O3. The summed E-state index contributed by atoms with van der Waals surface area (Å²) in [6.07, 6.45) is -0.286. The van der Waals surface area contributed by atoms with Gasteiger partial charge in [0, 0.05) is 31.7 Å². The molecule has 1 fully saturated rings. The Kier molecular flexibility index (Phi) is 5.22. The fourth-order valence-electron chi connectivity index (χ4n) is 3.00. The van der Waals surface area contributed by atoms with Crippen molar-refractivity contribution >= 4 is 22.8 Å². The molecule has 3 rings (SSSR count). The lowest BCUT2D eigenvalue weighted by atomic mass is 10.0. The molecular weight excluding hydrogens is 316 g/mol. The zero-order chi connectivity index (χ0) is 17.8. The zero-order valence-electron chi connectivity index (χ0n) is 14.8. The number of nitrogens with zero attached hydrogens (tertiary/aromatic N) is 2. The first-order valence-electron chi connectivity index (χ1n) is 8.75. The maximum atomic E-state index is 12.9. The maximum Gasteiger partial charge on any atom is 0.409 e. The van der Waals surface area contributed by atoms with Crippen molar-refractivity contribution in [2.75, 3.05) is 32.8 Å². The molecule has 0 spiro atoms. The molecule has 2 aromatic carbocycles. The number of carbonyl (C=O) groups is 2. The molecule has 25 heavy (non-hydrogen) atoms. The van der Waals surface area contributed by atoms with Crippen LogP contribution >= 0.6 is 0 Å². The van der Waals surface area contributed by atoms with E-state index in [2.05, 4.69) is 0 Å². The van der Waals surface area contributed by atoms with Crippen molar-refractivity contribution in [3.63, 3.8) is 0 Å². The minimum Gasteiger partial charge on any atom is -0.449 e. The van der Waals surface area contributed by atoms with Gasteiger partial charge in [-0.2, -0.15) is 0 Å². The van der Waals surface area contributed by atoms with Crippen molar-refractivity contribution in [3.8, 4) is 0 Å². The highest BCUT2D eigenvalue weighted by Crippen LogP contribution is 2.20. The van der Waals surface area contributed by atoms with Crippen molar-refractivity contribution in [2.45, 2.75) is 13.8 Å². The quantitative estimate of drug-likeness (QED) is 0.860. The number of rotatable bonds is 3.